The lowest BCUT2D eigenvalue weighted by molar-refractivity contribution is -0.120. The Kier molecular flexibility index (Phi) is 7.44. The van der Waals surface area contributed by atoms with E-state index in [1.54, 1.807) is 24.3 Å². The van der Waals surface area contributed by atoms with Gasteiger partial charge in [-0.25, -0.2) is 8.78 Å². The maximum absolute atomic E-state index is 13.8. The molecule has 1 N–H and O–H groups in total. The summed E-state index contributed by atoms with van der Waals surface area (Å²) in [4.78, 5) is 23.0. The van der Waals surface area contributed by atoms with E-state index < -0.39 is 0 Å². The van der Waals surface area contributed by atoms with E-state index in [4.69, 9.17) is 0 Å². The Labute approximate surface area is 205 Å². The van der Waals surface area contributed by atoms with Crippen LogP contribution in [-0.2, 0) is 4.79 Å². The van der Waals surface area contributed by atoms with Crippen molar-refractivity contribution >= 4 is 22.5 Å². The van der Waals surface area contributed by atoms with Crippen LogP contribution >= 0.6 is 0 Å². The van der Waals surface area contributed by atoms with Crippen LogP contribution < -0.4 is 4.90 Å². The summed E-state index contributed by atoms with van der Waals surface area (Å²) in [5.41, 5.74) is 2.93. The number of likely N-dealkylation sites (tertiary alicyclic amines) is 2. The Balaban J connectivity index is 1.20. The molecular weight excluding hydrogens is 446 g/mol. The molecule has 186 valence electrons. The second kappa shape index (κ2) is 10.9. The fourth-order valence-electron chi connectivity index (χ4n) is 5.57. The Morgan fingerprint density at radius 3 is 2.37 bits per heavy atom. The smallest absolute Gasteiger partial charge is 0.241 e. The van der Waals surface area contributed by atoms with Gasteiger partial charge in [0.05, 0.1) is 6.54 Å². The predicted octanol–water partition coefficient (Wildman–Crippen LogP) is 5.14. The van der Waals surface area contributed by atoms with Crippen molar-refractivity contribution in [3.8, 4) is 0 Å². The number of rotatable bonds is 7. The lowest BCUT2D eigenvalue weighted by Crippen LogP contribution is -2.46. The molecule has 2 aromatic carbocycles. The summed E-state index contributed by atoms with van der Waals surface area (Å²) in [6, 6.07) is 11.2. The number of aromatic amines is 1. The van der Waals surface area contributed by atoms with Gasteiger partial charge in [0.2, 0.25) is 5.91 Å². The highest BCUT2D eigenvalue weighted by atomic mass is 19.1. The number of piperidine rings is 2. The van der Waals surface area contributed by atoms with Gasteiger partial charge in [0.1, 0.15) is 11.6 Å². The van der Waals surface area contributed by atoms with Crippen LogP contribution in [0, 0.1) is 11.6 Å². The van der Waals surface area contributed by atoms with E-state index in [1.165, 1.54) is 30.2 Å². The van der Waals surface area contributed by atoms with Gasteiger partial charge in [0.15, 0.2) is 0 Å². The number of H-pyrrole nitrogens is 1. The van der Waals surface area contributed by atoms with Gasteiger partial charge in [-0.05, 0) is 106 Å². The van der Waals surface area contributed by atoms with Gasteiger partial charge in [-0.3, -0.25) is 9.69 Å². The molecule has 3 heterocycles. The first-order chi connectivity index (χ1) is 17.1. The van der Waals surface area contributed by atoms with Crippen LogP contribution in [0.4, 0.5) is 14.5 Å². The summed E-state index contributed by atoms with van der Waals surface area (Å²) < 4.78 is 27.3. The molecule has 0 unspecified atom stereocenters. The van der Waals surface area contributed by atoms with Crippen molar-refractivity contribution in [2.75, 3.05) is 50.7 Å². The van der Waals surface area contributed by atoms with E-state index in [9.17, 15) is 13.6 Å². The summed E-state index contributed by atoms with van der Waals surface area (Å²) in [6.07, 6.45) is 7.54. The van der Waals surface area contributed by atoms with E-state index in [0.717, 1.165) is 75.0 Å². The summed E-state index contributed by atoms with van der Waals surface area (Å²) in [6.45, 7) is 5.58. The fourth-order valence-corrected chi connectivity index (χ4v) is 5.57. The summed E-state index contributed by atoms with van der Waals surface area (Å²) >= 11 is 0. The minimum absolute atomic E-state index is 0.0780. The van der Waals surface area contributed by atoms with E-state index >= 15 is 0 Å². The molecule has 2 aliphatic heterocycles. The zero-order chi connectivity index (χ0) is 24.2. The third-order valence-corrected chi connectivity index (χ3v) is 7.59. The van der Waals surface area contributed by atoms with Crippen LogP contribution in [0.25, 0.3) is 10.9 Å². The van der Waals surface area contributed by atoms with Crippen LogP contribution in [0.2, 0.25) is 0 Å². The lowest BCUT2D eigenvalue weighted by atomic mass is 9.89. The average Bonchev–Trinajstić information content (AvgIpc) is 3.29. The van der Waals surface area contributed by atoms with Crippen molar-refractivity contribution in [2.45, 2.75) is 38.0 Å². The maximum Gasteiger partial charge on any atom is 0.241 e. The van der Waals surface area contributed by atoms with Gasteiger partial charge < -0.3 is 14.8 Å². The number of amides is 1. The molecule has 0 atom stereocenters. The van der Waals surface area contributed by atoms with Gasteiger partial charge in [0.25, 0.3) is 0 Å². The quantitative estimate of drug-likeness (QED) is 0.509. The third-order valence-electron chi connectivity index (χ3n) is 7.59. The zero-order valence-electron chi connectivity index (χ0n) is 20.2. The summed E-state index contributed by atoms with van der Waals surface area (Å²) in [7, 11) is 0. The average molecular weight is 481 g/mol. The lowest BCUT2D eigenvalue weighted by Gasteiger charge is -2.34. The van der Waals surface area contributed by atoms with Crippen molar-refractivity contribution < 1.29 is 13.6 Å². The molecule has 2 fully saturated rings. The third kappa shape index (κ3) is 5.73. The standard InChI is InChI=1S/C28H34F2N4O/c29-22-4-7-24(8-5-22)34(28(35)20-33-12-2-1-3-13-33)17-16-32-14-10-21(11-15-32)26-19-31-27-9-6-23(30)18-25(26)27/h4-9,18-19,21,31H,1-3,10-17,20H2. The molecule has 1 amide bonds. The van der Waals surface area contributed by atoms with E-state index in [1.807, 2.05) is 11.1 Å². The van der Waals surface area contributed by atoms with Crippen LogP contribution in [-0.4, -0.2) is 66.5 Å². The molecule has 3 aromatic rings. The molecule has 0 saturated carbocycles. The molecule has 5 rings (SSSR count). The highest BCUT2D eigenvalue weighted by molar-refractivity contribution is 5.94. The topological polar surface area (TPSA) is 42.6 Å². The van der Waals surface area contributed by atoms with Crippen LogP contribution in [0.1, 0.15) is 43.6 Å². The van der Waals surface area contributed by atoms with E-state index in [-0.39, 0.29) is 17.5 Å². The number of carbonyl (C=O) groups is 1. The SMILES string of the molecule is O=C(CN1CCCCC1)N(CCN1CCC(c2c[nH]c3ccc(F)cc23)CC1)c1ccc(F)cc1. The minimum atomic E-state index is -0.295. The molecule has 2 aliphatic rings. The Hall–Kier alpha value is -2.77. The van der Waals surface area contributed by atoms with Crippen LogP contribution in [0.5, 0.6) is 0 Å². The number of halogens is 2. The Morgan fingerprint density at radius 1 is 0.914 bits per heavy atom. The van der Waals surface area contributed by atoms with Crippen molar-refractivity contribution in [3.63, 3.8) is 0 Å². The van der Waals surface area contributed by atoms with Crippen molar-refractivity contribution in [1.82, 2.24) is 14.8 Å². The summed E-state index contributed by atoms with van der Waals surface area (Å²) in [5.74, 6) is -0.0211. The number of hydrogen-bond acceptors (Lipinski definition) is 3. The molecule has 0 spiro atoms. The number of hydrogen-bond donors (Lipinski definition) is 1. The molecule has 1 aromatic heterocycles. The zero-order valence-corrected chi connectivity index (χ0v) is 20.2. The van der Waals surface area contributed by atoms with E-state index in [0.29, 0.717) is 19.0 Å². The molecule has 0 aliphatic carbocycles. The summed E-state index contributed by atoms with van der Waals surface area (Å²) in [5, 5.41) is 0.981. The van der Waals surface area contributed by atoms with Crippen molar-refractivity contribution in [1.29, 1.82) is 0 Å². The highest BCUT2D eigenvalue weighted by Crippen LogP contribution is 2.33. The number of carbonyl (C=O) groups excluding carboxylic acids is 1. The molecule has 35 heavy (non-hydrogen) atoms. The number of aromatic nitrogens is 1. The van der Waals surface area contributed by atoms with Gasteiger partial charge in [-0.2, -0.15) is 0 Å². The number of anilines is 1. The van der Waals surface area contributed by atoms with Crippen LogP contribution in [0.3, 0.4) is 0 Å². The first kappa shape index (κ1) is 23.9. The molecule has 0 radical (unpaired) electrons. The van der Waals surface area contributed by atoms with Gasteiger partial charge >= 0.3 is 0 Å². The normalized spacial score (nSPS) is 18.2. The minimum Gasteiger partial charge on any atom is -0.361 e. The molecule has 0 bridgehead atoms. The van der Waals surface area contributed by atoms with Crippen molar-refractivity contribution in [3.05, 3.63) is 65.9 Å². The van der Waals surface area contributed by atoms with Gasteiger partial charge in [-0.15, -0.1) is 0 Å². The van der Waals surface area contributed by atoms with Gasteiger partial charge in [-0.1, -0.05) is 6.42 Å². The second-order valence-electron chi connectivity index (χ2n) is 9.91. The Morgan fingerprint density at radius 2 is 1.63 bits per heavy atom. The number of nitrogens with zero attached hydrogens (tertiary/aromatic N) is 3. The largest absolute Gasteiger partial charge is 0.361 e. The molecular formula is C28H34F2N4O. The number of fused-ring (bicyclic) bond motifs is 1. The predicted molar refractivity (Wildman–Crippen MR) is 136 cm³/mol. The Bertz CT molecular complexity index is 1130. The van der Waals surface area contributed by atoms with Gasteiger partial charge in [0, 0.05) is 35.9 Å². The molecule has 2 saturated heterocycles. The molecule has 7 heteroatoms. The fraction of sp³-hybridized carbons (Fsp3) is 0.464. The van der Waals surface area contributed by atoms with Crippen molar-refractivity contribution in [2.24, 2.45) is 0 Å². The first-order valence-electron chi connectivity index (χ1n) is 12.8. The number of nitrogens with one attached hydrogen (secondary N) is 1. The highest BCUT2D eigenvalue weighted by Gasteiger charge is 2.25. The monoisotopic (exact) mass is 480 g/mol. The second-order valence-corrected chi connectivity index (χ2v) is 9.91. The van der Waals surface area contributed by atoms with E-state index in [2.05, 4.69) is 14.8 Å². The number of benzene rings is 2. The molecule has 5 nitrogen and oxygen atoms in total. The maximum atomic E-state index is 13.8. The van der Waals surface area contributed by atoms with Crippen LogP contribution in [0.15, 0.2) is 48.7 Å². The first-order valence-corrected chi connectivity index (χ1v) is 12.8.